The molecule has 0 atom stereocenters. The van der Waals surface area contributed by atoms with Crippen molar-refractivity contribution in [3.63, 3.8) is 0 Å². The lowest BCUT2D eigenvalue weighted by Gasteiger charge is -2.38. The number of carbonyl (C=O) groups is 1. The van der Waals surface area contributed by atoms with Gasteiger partial charge in [0.25, 0.3) is 11.8 Å². The summed E-state index contributed by atoms with van der Waals surface area (Å²) >= 11 is 0. The Morgan fingerprint density at radius 3 is 2.47 bits per heavy atom. The molecule has 0 aliphatic carbocycles. The number of aromatic nitrogens is 1. The van der Waals surface area contributed by atoms with Crippen molar-refractivity contribution in [2.45, 2.75) is 19.8 Å². The van der Waals surface area contributed by atoms with Gasteiger partial charge in [-0.3, -0.25) is 4.79 Å². The summed E-state index contributed by atoms with van der Waals surface area (Å²) in [6, 6.07) is 0. The fourth-order valence-corrected chi connectivity index (χ4v) is 1.60. The van der Waals surface area contributed by atoms with Crippen LogP contribution in [0.4, 0.5) is 8.78 Å². The van der Waals surface area contributed by atoms with Crippen LogP contribution in [0, 0.1) is 13.8 Å². The number of aryl methyl sites for hydroxylation is 2. The monoisotopic (exact) mass is 216 g/mol. The van der Waals surface area contributed by atoms with Gasteiger partial charge in [0.15, 0.2) is 0 Å². The molecule has 1 aromatic rings. The molecule has 1 aliphatic rings. The maximum absolute atomic E-state index is 12.6. The number of rotatable bonds is 1. The van der Waals surface area contributed by atoms with Crippen LogP contribution in [-0.2, 0) is 0 Å². The van der Waals surface area contributed by atoms with E-state index in [0.717, 1.165) is 4.90 Å². The SMILES string of the molecule is Cc1noc(C)c1C(=O)N1CC(F)(F)C1. The second kappa shape index (κ2) is 3.01. The number of alkyl halides is 2. The van der Waals surface area contributed by atoms with Crippen molar-refractivity contribution in [2.24, 2.45) is 0 Å². The second-order valence-corrected chi connectivity index (χ2v) is 3.72. The zero-order valence-electron chi connectivity index (χ0n) is 8.38. The van der Waals surface area contributed by atoms with E-state index in [4.69, 9.17) is 4.52 Å². The summed E-state index contributed by atoms with van der Waals surface area (Å²) in [6.07, 6.45) is 0. The average molecular weight is 216 g/mol. The Kier molecular flexibility index (Phi) is 2.02. The number of nitrogens with zero attached hydrogens (tertiary/aromatic N) is 2. The fraction of sp³-hybridized carbons (Fsp3) is 0.556. The van der Waals surface area contributed by atoms with Gasteiger partial charge in [-0.05, 0) is 13.8 Å². The summed E-state index contributed by atoms with van der Waals surface area (Å²) in [7, 11) is 0. The Morgan fingerprint density at radius 1 is 1.47 bits per heavy atom. The molecule has 1 aromatic heterocycles. The molecule has 1 saturated heterocycles. The molecular weight excluding hydrogens is 206 g/mol. The van der Waals surface area contributed by atoms with Gasteiger partial charge in [0, 0.05) is 0 Å². The number of hydrogen-bond acceptors (Lipinski definition) is 3. The molecule has 4 nitrogen and oxygen atoms in total. The Balaban J connectivity index is 2.17. The van der Waals surface area contributed by atoms with E-state index in [1.807, 2.05) is 0 Å². The first-order valence-electron chi connectivity index (χ1n) is 4.51. The number of hydrogen-bond donors (Lipinski definition) is 0. The van der Waals surface area contributed by atoms with E-state index in [9.17, 15) is 13.6 Å². The van der Waals surface area contributed by atoms with E-state index in [0.29, 0.717) is 17.0 Å². The van der Waals surface area contributed by atoms with Crippen molar-refractivity contribution in [1.29, 1.82) is 0 Å². The smallest absolute Gasteiger partial charge is 0.282 e. The molecule has 1 aliphatic heterocycles. The van der Waals surface area contributed by atoms with Gasteiger partial charge < -0.3 is 9.42 Å². The molecule has 0 aromatic carbocycles. The molecule has 1 amide bonds. The molecule has 0 radical (unpaired) electrons. The summed E-state index contributed by atoms with van der Waals surface area (Å²) < 4.78 is 29.9. The summed E-state index contributed by atoms with van der Waals surface area (Å²) in [5, 5.41) is 3.60. The minimum Gasteiger partial charge on any atom is -0.361 e. The molecule has 0 bridgehead atoms. The predicted octanol–water partition coefficient (Wildman–Crippen LogP) is 1.38. The van der Waals surface area contributed by atoms with Crippen LogP contribution in [0.2, 0.25) is 0 Å². The van der Waals surface area contributed by atoms with Gasteiger partial charge in [0.1, 0.15) is 11.3 Å². The minimum atomic E-state index is -2.74. The van der Waals surface area contributed by atoms with Crippen molar-refractivity contribution in [2.75, 3.05) is 13.1 Å². The molecule has 2 heterocycles. The molecule has 1 fully saturated rings. The fourth-order valence-electron chi connectivity index (χ4n) is 1.60. The standard InChI is InChI=1S/C9H10F2N2O2/c1-5-7(6(2)15-12-5)8(14)13-3-9(10,11)4-13/h3-4H2,1-2H3. The first-order valence-corrected chi connectivity index (χ1v) is 4.51. The first-order chi connectivity index (χ1) is 6.91. The molecule has 82 valence electrons. The molecule has 2 rings (SSSR count). The van der Waals surface area contributed by atoms with Crippen molar-refractivity contribution < 1.29 is 18.1 Å². The molecule has 0 N–H and O–H groups in total. The lowest BCUT2D eigenvalue weighted by atomic mass is 10.1. The molecule has 0 saturated carbocycles. The number of carbonyl (C=O) groups excluding carboxylic acids is 1. The third-order valence-corrected chi connectivity index (χ3v) is 2.38. The van der Waals surface area contributed by atoms with Crippen LogP contribution in [0.3, 0.4) is 0 Å². The van der Waals surface area contributed by atoms with Crippen LogP contribution in [0.5, 0.6) is 0 Å². The zero-order valence-corrected chi connectivity index (χ0v) is 8.38. The Bertz CT molecular complexity index is 387. The van der Waals surface area contributed by atoms with E-state index in [-0.39, 0.29) is 0 Å². The van der Waals surface area contributed by atoms with Crippen LogP contribution in [0.25, 0.3) is 0 Å². The van der Waals surface area contributed by atoms with E-state index < -0.39 is 24.9 Å². The summed E-state index contributed by atoms with van der Waals surface area (Å²) in [4.78, 5) is 12.8. The van der Waals surface area contributed by atoms with Gasteiger partial charge in [-0.2, -0.15) is 0 Å². The lowest BCUT2D eigenvalue weighted by Crippen LogP contribution is -2.58. The highest BCUT2D eigenvalue weighted by Crippen LogP contribution is 2.29. The van der Waals surface area contributed by atoms with Gasteiger partial charge in [0.2, 0.25) is 0 Å². The van der Waals surface area contributed by atoms with Crippen molar-refractivity contribution >= 4 is 5.91 Å². The van der Waals surface area contributed by atoms with Gasteiger partial charge in [-0.1, -0.05) is 5.16 Å². The van der Waals surface area contributed by atoms with Crippen molar-refractivity contribution in [3.05, 3.63) is 17.0 Å². The number of amides is 1. The van der Waals surface area contributed by atoms with E-state index in [2.05, 4.69) is 5.16 Å². The molecule has 6 heteroatoms. The topological polar surface area (TPSA) is 46.3 Å². The predicted molar refractivity (Wildman–Crippen MR) is 46.8 cm³/mol. The molecule has 0 unspecified atom stereocenters. The van der Waals surface area contributed by atoms with Crippen LogP contribution < -0.4 is 0 Å². The maximum atomic E-state index is 12.6. The van der Waals surface area contributed by atoms with Gasteiger partial charge in [-0.15, -0.1) is 0 Å². The molecule has 0 spiro atoms. The van der Waals surface area contributed by atoms with E-state index in [1.165, 1.54) is 0 Å². The maximum Gasteiger partial charge on any atom is 0.282 e. The normalized spacial score (nSPS) is 18.8. The Morgan fingerprint density at radius 2 is 2.07 bits per heavy atom. The minimum absolute atomic E-state index is 0.297. The summed E-state index contributed by atoms with van der Waals surface area (Å²) in [6.45, 7) is 2.17. The largest absolute Gasteiger partial charge is 0.361 e. The molecular formula is C9H10F2N2O2. The third kappa shape index (κ3) is 1.60. The van der Waals surface area contributed by atoms with Gasteiger partial charge >= 0.3 is 0 Å². The Hall–Kier alpha value is -1.46. The highest BCUT2D eigenvalue weighted by atomic mass is 19.3. The van der Waals surface area contributed by atoms with E-state index in [1.54, 1.807) is 13.8 Å². The van der Waals surface area contributed by atoms with Crippen LogP contribution in [0.1, 0.15) is 21.8 Å². The first kappa shape index (κ1) is 10.1. The number of likely N-dealkylation sites (tertiary alicyclic amines) is 1. The highest BCUT2D eigenvalue weighted by Gasteiger charge is 2.47. The number of halogens is 2. The van der Waals surface area contributed by atoms with Crippen LogP contribution in [0.15, 0.2) is 4.52 Å². The van der Waals surface area contributed by atoms with Gasteiger partial charge in [0.05, 0.1) is 18.8 Å². The highest BCUT2D eigenvalue weighted by molar-refractivity contribution is 5.96. The molecule has 15 heavy (non-hydrogen) atoms. The van der Waals surface area contributed by atoms with Crippen molar-refractivity contribution in [1.82, 2.24) is 10.1 Å². The van der Waals surface area contributed by atoms with Crippen LogP contribution in [-0.4, -0.2) is 35.0 Å². The quantitative estimate of drug-likeness (QED) is 0.712. The van der Waals surface area contributed by atoms with E-state index >= 15 is 0 Å². The third-order valence-electron chi connectivity index (χ3n) is 2.38. The summed E-state index contributed by atoms with van der Waals surface area (Å²) in [5.41, 5.74) is 0.734. The lowest BCUT2D eigenvalue weighted by molar-refractivity contribution is -0.113. The summed E-state index contributed by atoms with van der Waals surface area (Å²) in [5.74, 6) is -2.81. The van der Waals surface area contributed by atoms with Gasteiger partial charge in [-0.25, -0.2) is 8.78 Å². The zero-order chi connectivity index (χ0) is 11.2. The van der Waals surface area contributed by atoms with Crippen molar-refractivity contribution in [3.8, 4) is 0 Å². The Labute approximate surface area is 84.8 Å². The van der Waals surface area contributed by atoms with Crippen LogP contribution >= 0.6 is 0 Å². The second-order valence-electron chi connectivity index (χ2n) is 3.72. The average Bonchev–Trinajstić information content (AvgIpc) is 2.41.